The van der Waals surface area contributed by atoms with Crippen molar-refractivity contribution in [1.82, 2.24) is 18.7 Å². The zero-order chi connectivity index (χ0) is 27.6. The van der Waals surface area contributed by atoms with E-state index >= 15 is 0 Å². The Balaban J connectivity index is 1.38. The summed E-state index contributed by atoms with van der Waals surface area (Å²) in [6, 6.07) is 31.8. The first-order valence-electron chi connectivity index (χ1n) is 13.2. The normalized spacial score (nSPS) is 11.3. The van der Waals surface area contributed by atoms with Gasteiger partial charge in [0.2, 0.25) is 0 Å². The number of nitrogens with zero attached hydrogens (tertiary/aromatic N) is 4. The molecule has 2 aromatic heterocycles. The average molecular weight is 531 g/mol. The van der Waals surface area contributed by atoms with Crippen LogP contribution in [-0.4, -0.2) is 18.7 Å². The van der Waals surface area contributed by atoms with Gasteiger partial charge in [0.15, 0.2) is 0 Å². The summed E-state index contributed by atoms with van der Waals surface area (Å²) in [5, 5.41) is 1.45. The molecule has 6 rings (SSSR count). The summed E-state index contributed by atoms with van der Waals surface area (Å²) < 4.78 is 5.78. The molecular weight excluding hydrogens is 504 g/mol. The third-order valence-corrected chi connectivity index (χ3v) is 7.10. The molecule has 4 aromatic carbocycles. The number of aromatic nitrogens is 4. The molecule has 6 aromatic rings. The van der Waals surface area contributed by atoms with E-state index in [0.29, 0.717) is 45.8 Å². The largest absolute Gasteiger partial charge is 0.278 e. The molecule has 0 atom stereocenters. The van der Waals surface area contributed by atoms with Crippen LogP contribution < -0.4 is 22.2 Å². The molecule has 0 aliphatic carbocycles. The molecule has 0 amide bonds. The van der Waals surface area contributed by atoms with Crippen LogP contribution in [0, 0.1) is 0 Å². The summed E-state index contributed by atoms with van der Waals surface area (Å²) >= 11 is 0. The van der Waals surface area contributed by atoms with Crippen LogP contribution in [0.2, 0.25) is 0 Å². The Morgan fingerprint density at radius 3 is 1.02 bits per heavy atom. The second-order valence-corrected chi connectivity index (χ2v) is 9.56. The molecule has 0 saturated carbocycles. The Labute approximate surface area is 228 Å². The van der Waals surface area contributed by atoms with Crippen LogP contribution in [0.1, 0.15) is 12.8 Å². The van der Waals surface area contributed by atoms with Gasteiger partial charge in [0.25, 0.3) is 22.2 Å². The van der Waals surface area contributed by atoms with E-state index < -0.39 is 0 Å². The van der Waals surface area contributed by atoms with E-state index in [4.69, 9.17) is 0 Å². The van der Waals surface area contributed by atoms with Gasteiger partial charge in [-0.25, -0.2) is 18.7 Å². The Morgan fingerprint density at radius 2 is 0.675 bits per heavy atom. The molecule has 0 bridgehead atoms. The maximum Gasteiger partial charge on any atom is 0.278 e. The molecule has 0 aliphatic heterocycles. The van der Waals surface area contributed by atoms with Gasteiger partial charge in [-0.1, -0.05) is 60.7 Å². The Hall–Kier alpha value is -5.24. The van der Waals surface area contributed by atoms with Crippen molar-refractivity contribution in [3.05, 3.63) is 151 Å². The molecule has 8 heteroatoms. The number of rotatable bonds is 7. The second kappa shape index (κ2) is 10.5. The maximum atomic E-state index is 13.5. The number of hydrogen-bond donors (Lipinski definition) is 0. The van der Waals surface area contributed by atoms with Crippen LogP contribution in [0.25, 0.3) is 32.9 Å². The molecule has 0 spiro atoms. The van der Waals surface area contributed by atoms with Crippen molar-refractivity contribution >= 4 is 21.5 Å². The highest BCUT2D eigenvalue weighted by Gasteiger charge is 2.16. The fraction of sp³-hybridized carbons (Fsp3) is 0.125. The predicted molar refractivity (Wildman–Crippen MR) is 157 cm³/mol. The molecule has 40 heavy (non-hydrogen) atoms. The van der Waals surface area contributed by atoms with Crippen molar-refractivity contribution in [2.75, 3.05) is 0 Å². The van der Waals surface area contributed by atoms with Crippen LogP contribution >= 0.6 is 0 Å². The summed E-state index contributed by atoms with van der Waals surface area (Å²) in [6.45, 7) is 0.511. The van der Waals surface area contributed by atoms with Gasteiger partial charge in [-0.3, -0.25) is 19.2 Å². The maximum absolute atomic E-state index is 13.5. The van der Waals surface area contributed by atoms with Crippen LogP contribution in [0.4, 0.5) is 0 Å². The monoisotopic (exact) mass is 530 g/mol. The lowest BCUT2D eigenvalue weighted by atomic mass is 10.2. The molecule has 0 N–H and O–H groups in total. The van der Waals surface area contributed by atoms with E-state index in [0.717, 1.165) is 0 Å². The molecule has 2 heterocycles. The van der Waals surface area contributed by atoms with Gasteiger partial charge in [-0.05, 0) is 61.4 Å². The van der Waals surface area contributed by atoms with Crippen molar-refractivity contribution in [3.63, 3.8) is 0 Å². The number of unbranched alkanes of at least 4 members (excludes halogenated alkanes) is 1. The Morgan fingerprint density at radius 1 is 0.375 bits per heavy atom. The number of para-hydroxylation sites is 2. The molecule has 0 radical (unpaired) electrons. The van der Waals surface area contributed by atoms with Crippen molar-refractivity contribution in [1.29, 1.82) is 0 Å². The van der Waals surface area contributed by atoms with E-state index in [1.807, 2.05) is 36.4 Å². The van der Waals surface area contributed by atoms with Crippen molar-refractivity contribution in [3.8, 4) is 11.4 Å². The average Bonchev–Trinajstić information content (AvgIpc) is 3.01. The summed E-state index contributed by atoms with van der Waals surface area (Å²) in [4.78, 5) is 54.0. The lowest BCUT2D eigenvalue weighted by Gasteiger charge is -2.18. The van der Waals surface area contributed by atoms with Crippen LogP contribution in [0.15, 0.2) is 128 Å². The first kappa shape index (κ1) is 25.1. The Kier molecular flexibility index (Phi) is 6.57. The molecule has 0 aliphatic rings. The smallest absolute Gasteiger partial charge is 0.267 e. The fourth-order valence-electron chi connectivity index (χ4n) is 5.20. The van der Waals surface area contributed by atoms with Gasteiger partial charge >= 0.3 is 0 Å². The van der Waals surface area contributed by atoms with Gasteiger partial charge in [-0.2, -0.15) is 0 Å². The highest BCUT2D eigenvalue weighted by molar-refractivity contribution is 5.81. The second-order valence-electron chi connectivity index (χ2n) is 9.56. The molecular formula is C32H26N4O4. The third kappa shape index (κ3) is 4.29. The zero-order valence-corrected chi connectivity index (χ0v) is 21.6. The van der Waals surface area contributed by atoms with Gasteiger partial charge in [-0.15, -0.1) is 0 Å². The molecule has 0 fully saturated rings. The van der Waals surface area contributed by atoms with E-state index in [1.54, 1.807) is 72.8 Å². The lowest BCUT2D eigenvalue weighted by Crippen LogP contribution is -2.39. The van der Waals surface area contributed by atoms with Crippen molar-refractivity contribution in [2.24, 2.45) is 0 Å². The number of hydrogen-bond acceptors (Lipinski definition) is 4. The standard InChI is InChI=1S/C32H26N4O4/c37-29-25-17-7-9-19-27(25)31(39)35(23-13-3-1-4-14-23)33(29)21-11-12-22-34-30(38)26-18-8-10-20-28(26)32(40)36(34)24-15-5-2-6-16-24/h1-10,13-20H,11-12,21-22H2. The van der Waals surface area contributed by atoms with E-state index in [1.165, 1.54) is 18.7 Å². The lowest BCUT2D eigenvalue weighted by molar-refractivity contribution is 0.434. The van der Waals surface area contributed by atoms with Gasteiger partial charge < -0.3 is 0 Å². The van der Waals surface area contributed by atoms with Gasteiger partial charge in [0.05, 0.1) is 32.9 Å². The summed E-state index contributed by atoms with van der Waals surface area (Å²) in [5.74, 6) is 0. The minimum Gasteiger partial charge on any atom is -0.267 e. The summed E-state index contributed by atoms with van der Waals surface area (Å²) in [5.41, 5.74) is 0.124. The predicted octanol–water partition coefficient (Wildman–Crippen LogP) is 4.10. The Bertz CT molecular complexity index is 1940. The highest BCUT2D eigenvalue weighted by Crippen LogP contribution is 2.12. The quantitative estimate of drug-likeness (QED) is 0.291. The van der Waals surface area contributed by atoms with E-state index in [-0.39, 0.29) is 35.3 Å². The fourth-order valence-corrected chi connectivity index (χ4v) is 5.20. The highest BCUT2D eigenvalue weighted by atomic mass is 16.2. The van der Waals surface area contributed by atoms with E-state index in [2.05, 4.69) is 0 Å². The zero-order valence-electron chi connectivity index (χ0n) is 21.6. The minimum absolute atomic E-state index is 0.256. The van der Waals surface area contributed by atoms with Gasteiger partial charge in [0.1, 0.15) is 0 Å². The summed E-state index contributed by atoms with van der Waals surface area (Å²) in [6.07, 6.45) is 0.986. The minimum atomic E-state index is -0.273. The topological polar surface area (TPSA) is 88.0 Å². The number of fused-ring (bicyclic) bond motifs is 2. The molecule has 0 saturated heterocycles. The van der Waals surface area contributed by atoms with E-state index in [9.17, 15) is 19.2 Å². The van der Waals surface area contributed by atoms with Crippen LogP contribution in [0.5, 0.6) is 0 Å². The van der Waals surface area contributed by atoms with Crippen LogP contribution in [-0.2, 0) is 13.1 Å². The first-order valence-corrected chi connectivity index (χ1v) is 13.2. The SMILES string of the molecule is O=c1c2ccccc2c(=O)n(-c2ccccc2)n1CCCCn1c(=O)c2ccccc2c(=O)n1-c1ccccc1. The van der Waals surface area contributed by atoms with Crippen LogP contribution in [0.3, 0.4) is 0 Å². The first-order chi connectivity index (χ1) is 19.6. The third-order valence-electron chi connectivity index (χ3n) is 7.10. The van der Waals surface area contributed by atoms with Gasteiger partial charge in [0, 0.05) is 13.1 Å². The van der Waals surface area contributed by atoms with Crippen molar-refractivity contribution < 1.29 is 0 Å². The molecule has 0 unspecified atom stereocenters. The molecule has 8 nitrogen and oxygen atoms in total. The van der Waals surface area contributed by atoms with Crippen molar-refractivity contribution in [2.45, 2.75) is 25.9 Å². The molecule has 198 valence electrons. The summed E-state index contributed by atoms with van der Waals surface area (Å²) in [7, 11) is 0. The number of benzene rings is 4.